The Kier molecular flexibility index (Phi) is 3.47. The van der Waals surface area contributed by atoms with Crippen molar-refractivity contribution in [2.75, 3.05) is 7.11 Å². The van der Waals surface area contributed by atoms with Gasteiger partial charge in [-0.1, -0.05) is 12.1 Å². The first-order valence-electron chi connectivity index (χ1n) is 6.56. The second-order valence-electron chi connectivity index (χ2n) is 4.74. The predicted octanol–water partition coefficient (Wildman–Crippen LogP) is 3.57. The predicted molar refractivity (Wildman–Crippen MR) is 80.7 cm³/mol. The van der Waals surface area contributed by atoms with E-state index in [0.717, 1.165) is 0 Å². The maximum atomic E-state index is 13.4. The number of benzene rings is 2. The number of rotatable bonds is 3. The number of carbonyl (C=O) groups excluding carboxylic acids is 1. The third-order valence-corrected chi connectivity index (χ3v) is 3.41. The highest BCUT2D eigenvalue weighted by Gasteiger charge is 2.14. The lowest BCUT2D eigenvalue weighted by molar-refractivity contribution is 0.112. The van der Waals surface area contributed by atoms with Gasteiger partial charge in [0.25, 0.3) is 0 Å². The molecule has 1 N–H and O–H groups in total. The molecular weight excluding hydrogens is 285 g/mol. The lowest BCUT2D eigenvalue weighted by Gasteiger charge is -2.10. The lowest BCUT2D eigenvalue weighted by atomic mass is 10.0. The Balaban J connectivity index is 2.30. The van der Waals surface area contributed by atoms with Gasteiger partial charge in [-0.05, 0) is 30.3 Å². The van der Waals surface area contributed by atoms with Crippen LogP contribution in [0.15, 0.2) is 42.5 Å². The van der Waals surface area contributed by atoms with Crippen LogP contribution in [-0.2, 0) is 0 Å². The summed E-state index contributed by atoms with van der Waals surface area (Å²) in [6.07, 6.45) is 0.631. The first-order valence-corrected chi connectivity index (χ1v) is 6.56. The van der Waals surface area contributed by atoms with E-state index < -0.39 is 0 Å². The van der Waals surface area contributed by atoms with Crippen molar-refractivity contribution in [3.8, 4) is 22.8 Å². The third-order valence-electron chi connectivity index (χ3n) is 3.41. The number of halogens is 1. The van der Waals surface area contributed by atoms with Gasteiger partial charge in [-0.2, -0.15) is 0 Å². The number of methoxy groups -OCH3 is 1. The summed E-state index contributed by atoms with van der Waals surface area (Å²) < 4.78 is 18.4. The second kappa shape index (κ2) is 5.44. The van der Waals surface area contributed by atoms with Crippen LogP contribution in [0, 0.1) is 5.82 Å². The van der Waals surface area contributed by atoms with Crippen molar-refractivity contribution in [1.82, 2.24) is 4.98 Å². The molecule has 3 aromatic rings. The van der Waals surface area contributed by atoms with E-state index in [9.17, 15) is 14.3 Å². The topological polar surface area (TPSA) is 59.4 Å². The first kappa shape index (κ1) is 14.0. The average molecular weight is 297 g/mol. The Bertz CT molecular complexity index is 877. The maximum Gasteiger partial charge on any atom is 0.167 e. The van der Waals surface area contributed by atoms with Gasteiger partial charge >= 0.3 is 0 Å². The molecule has 0 fully saturated rings. The molecule has 3 rings (SSSR count). The van der Waals surface area contributed by atoms with Crippen molar-refractivity contribution >= 4 is 17.2 Å². The average Bonchev–Trinajstić information content (AvgIpc) is 2.54. The summed E-state index contributed by atoms with van der Waals surface area (Å²) in [5.41, 5.74) is 1.71. The van der Waals surface area contributed by atoms with E-state index in [0.29, 0.717) is 28.4 Å². The van der Waals surface area contributed by atoms with Crippen molar-refractivity contribution < 1.29 is 19.0 Å². The Labute approximate surface area is 125 Å². The Morgan fingerprint density at radius 2 is 2.05 bits per heavy atom. The van der Waals surface area contributed by atoms with Gasteiger partial charge in [-0.3, -0.25) is 4.79 Å². The van der Waals surface area contributed by atoms with Crippen LogP contribution in [0.1, 0.15) is 10.4 Å². The Hall–Kier alpha value is -2.95. The number of pyridine rings is 1. The number of hydrogen-bond donors (Lipinski definition) is 1. The fourth-order valence-electron chi connectivity index (χ4n) is 2.37. The SMILES string of the molecule is COc1ccc2nc(-c3cccc(F)c3)cc(C=O)c2c1O. The smallest absolute Gasteiger partial charge is 0.167 e. The minimum absolute atomic E-state index is 0.139. The summed E-state index contributed by atoms with van der Waals surface area (Å²) in [4.78, 5) is 15.8. The normalized spacial score (nSPS) is 10.6. The molecule has 0 atom stereocenters. The molecule has 1 heterocycles. The molecule has 22 heavy (non-hydrogen) atoms. The van der Waals surface area contributed by atoms with Crippen LogP contribution in [0.25, 0.3) is 22.2 Å². The fraction of sp³-hybridized carbons (Fsp3) is 0.0588. The van der Waals surface area contributed by atoms with Crippen molar-refractivity contribution in [3.05, 3.63) is 53.8 Å². The van der Waals surface area contributed by atoms with E-state index in [-0.39, 0.29) is 22.9 Å². The van der Waals surface area contributed by atoms with E-state index in [1.54, 1.807) is 24.3 Å². The van der Waals surface area contributed by atoms with Crippen LogP contribution in [0.3, 0.4) is 0 Å². The number of aromatic nitrogens is 1. The second-order valence-corrected chi connectivity index (χ2v) is 4.74. The van der Waals surface area contributed by atoms with Crippen LogP contribution in [-0.4, -0.2) is 23.5 Å². The summed E-state index contributed by atoms with van der Waals surface area (Å²) in [6, 6.07) is 10.7. The molecular formula is C17H12FNO3. The minimum atomic E-state index is -0.385. The van der Waals surface area contributed by atoms with Gasteiger partial charge < -0.3 is 9.84 Å². The van der Waals surface area contributed by atoms with E-state index in [1.165, 1.54) is 25.3 Å². The van der Waals surface area contributed by atoms with E-state index in [1.807, 2.05) is 0 Å². The van der Waals surface area contributed by atoms with Gasteiger partial charge in [-0.15, -0.1) is 0 Å². The monoisotopic (exact) mass is 297 g/mol. The summed E-state index contributed by atoms with van der Waals surface area (Å²) in [6.45, 7) is 0. The lowest BCUT2D eigenvalue weighted by Crippen LogP contribution is -1.94. The van der Waals surface area contributed by atoms with Crippen LogP contribution in [0.4, 0.5) is 4.39 Å². The number of aldehydes is 1. The van der Waals surface area contributed by atoms with Crippen molar-refractivity contribution in [1.29, 1.82) is 0 Å². The number of aromatic hydroxyl groups is 1. The molecule has 5 heteroatoms. The molecule has 0 spiro atoms. The Morgan fingerprint density at radius 1 is 1.23 bits per heavy atom. The number of ether oxygens (including phenoxy) is 1. The van der Waals surface area contributed by atoms with E-state index >= 15 is 0 Å². The zero-order valence-electron chi connectivity index (χ0n) is 11.7. The number of phenolic OH excluding ortho intramolecular Hbond substituents is 1. The first-order chi connectivity index (χ1) is 10.6. The standard InChI is InChI=1S/C17H12FNO3/c1-22-15-6-5-13-16(17(15)21)11(9-20)8-14(19-13)10-3-2-4-12(18)7-10/h2-9,21H,1H3. The summed E-state index contributed by atoms with van der Waals surface area (Å²) in [5, 5.41) is 10.5. The van der Waals surface area contributed by atoms with Gasteiger partial charge in [0, 0.05) is 11.1 Å². The molecule has 1 aromatic heterocycles. The van der Waals surface area contributed by atoms with Crippen LogP contribution in [0.2, 0.25) is 0 Å². The number of fused-ring (bicyclic) bond motifs is 1. The molecule has 0 saturated carbocycles. The number of phenols is 1. The zero-order chi connectivity index (χ0) is 15.7. The van der Waals surface area contributed by atoms with Gasteiger partial charge in [0.2, 0.25) is 0 Å². The highest BCUT2D eigenvalue weighted by atomic mass is 19.1. The zero-order valence-corrected chi connectivity index (χ0v) is 11.7. The van der Waals surface area contributed by atoms with Crippen molar-refractivity contribution in [2.24, 2.45) is 0 Å². The molecule has 0 amide bonds. The molecule has 110 valence electrons. The van der Waals surface area contributed by atoms with Crippen LogP contribution >= 0.6 is 0 Å². The van der Waals surface area contributed by atoms with E-state index in [2.05, 4.69) is 4.98 Å². The molecule has 0 aliphatic carbocycles. The molecule has 0 saturated heterocycles. The largest absolute Gasteiger partial charge is 0.504 e. The van der Waals surface area contributed by atoms with E-state index in [4.69, 9.17) is 4.74 Å². The molecule has 0 aliphatic heterocycles. The quantitative estimate of drug-likeness (QED) is 0.751. The third kappa shape index (κ3) is 2.26. The van der Waals surface area contributed by atoms with Crippen molar-refractivity contribution in [3.63, 3.8) is 0 Å². The summed E-state index contributed by atoms with van der Waals surface area (Å²) in [7, 11) is 1.43. The van der Waals surface area contributed by atoms with Crippen LogP contribution < -0.4 is 4.74 Å². The highest BCUT2D eigenvalue weighted by Crippen LogP contribution is 2.36. The molecule has 4 nitrogen and oxygen atoms in total. The van der Waals surface area contributed by atoms with Gasteiger partial charge in [0.1, 0.15) is 5.82 Å². The molecule has 0 bridgehead atoms. The molecule has 2 aromatic carbocycles. The Morgan fingerprint density at radius 3 is 2.73 bits per heavy atom. The van der Waals surface area contributed by atoms with Gasteiger partial charge in [-0.25, -0.2) is 9.37 Å². The van der Waals surface area contributed by atoms with Gasteiger partial charge in [0.15, 0.2) is 17.8 Å². The summed E-state index contributed by atoms with van der Waals surface area (Å²) in [5.74, 6) is -0.263. The highest BCUT2D eigenvalue weighted by molar-refractivity contribution is 6.02. The number of hydrogen-bond acceptors (Lipinski definition) is 4. The molecule has 0 unspecified atom stereocenters. The number of carbonyl (C=O) groups is 1. The minimum Gasteiger partial charge on any atom is -0.504 e. The number of nitrogens with zero attached hydrogens (tertiary/aromatic N) is 1. The van der Waals surface area contributed by atoms with Crippen LogP contribution in [0.5, 0.6) is 11.5 Å². The van der Waals surface area contributed by atoms with Crippen molar-refractivity contribution in [2.45, 2.75) is 0 Å². The molecule has 0 aliphatic rings. The molecule has 0 radical (unpaired) electrons. The van der Waals surface area contributed by atoms with Gasteiger partial charge in [0.05, 0.1) is 23.7 Å². The maximum absolute atomic E-state index is 13.4. The fourth-order valence-corrected chi connectivity index (χ4v) is 2.37. The summed E-state index contributed by atoms with van der Waals surface area (Å²) >= 11 is 0.